The second-order valence-electron chi connectivity index (χ2n) is 4.24. The molecule has 0 saturated heterocycles. The van der Waals surface area contributed by atoms with Crippen LogP contribution in [0.4, 0.5) is 15.8 Å². The normalized spacial score (nSPS) is 14.0. The highest BCUT2D eigenvalue weighted by molar-refractivity contribution is 6.31. The van der Waals surface area contributed by atoms with E-state index in [4.69, 9.17) is 11.6 Å². The maximum absolute atomic E-state index is 13.2. The van der Waals surface area contributed by atoms with Gasteiger partial charge < -0.3 is 10.6 Å². The number of hydrogen-bond donors (Lipinski definition) is 2. The third-order valence-corrected chi connectivity index (χ3v) is 2.91. The van der Waals surface area contributed by atoms with Gasteiger partial charge in [-0.1, -0.05) is 11.6 Å². The van der Waals surface area contributed by atoms with Crippen LogP contribution >= 0.6 is 11.6 Å². The zero-order chi connectivity index (χ0) is 14.0. The van der Waals surface area contributed by atoms with Gasteiger partial charge in [0.05, 0.1) is 22.6 Å². The summed E-state index contributed by atoms with van der Waals surface area (Å²) >= 11 is 5.56. The first-order valence-electron chi connectivity index (χ1n) is 5.64. The molecule has 1 aromatic carbocycles. The minimum absolute atomic E-state index is 0.0161. The van der Waals surface area contributed by atoms with E-state index in [-0.39, 0.29) is 29.2 Å². The fourth-order valence-corrected chi connectivity index (χ4v) is 1.67. The van der Waals surface area contributed by atoms with Gasteiger partial charge in [0.1, 0.15) is 11.5 Å². The van der Waals surface area contributed by atoms with Gasteiger partial charge in [-0.05, 0) is 18.9 Å². The molecule has 1 saturated carbocycles. The standard InChI is InChI=1S/C11H11ClFN3O3/c12-7-3-9(10(16(18)19)4-8(7)13)14-5-11(17)15-6-1-2-6/h3-4,6,14H,1-2,5H2,(H,15,17). The van der Waals surface area contributed by atoms with Crippen molar-refractivity contribution in [1.29, 1.82) is 0 Å². The van der Waals surface area contributed by atoms with Crippen molar-refractivity contribution >= 4 is 28.9 Å². The lowest BCUT2D eigenvalue weighted by Gasteiger charge is -2.08. The molecule has 1 aliphatic rings. The number of nitrogens with one attached hydrogen (secondary N) is 2. The first-order chi connectivity index (χ1) is 8.97. The summed E-state index contributed by atoms with van der Waals surface area (Å²) in [5, 5.41) is 15.8. The topological polar surface area (TPSA) is 84.3 Å². The van der Waals surface area contributed by atoms with Crippen LogP contribution in [0.15, 0.2) is 12.1 Å². The fourth-order valence-electron chi connectivity index (χ4n) is 1.51. The molecule has 0 aliphatic heterocycles. The van der Waals surface area contributed by atoms with Crippen LogP contribution in [0.3, 0.4) is 0 Å². The van der Waals surface area contributed by atoms with Gasteiger partial charge in [-0.25, -0.2) is 4.39 Å². The second kappa shape index (κ2) is 5.40. The molecule has 2 N–H and O–H groups in total. The van der Waals surface area contributed by atoms with Crippen molar-refractivity contribution < 1.29 is 14.1 Å². The van der Waals surface area contributed by atoms with Gasteiger partial charge in [0, 0.05) is 6.04 Å². The van der Waals surface area contributed by atoms with Gasteiger partial charge in [0.25, 0.3) is 5.69 Å². The first kappa shape index (κ1) is 13.5. The van der Waals surface area contributed by atoms with E-state index in [0.29, 0.717) is 0 Å². The van der Waals surface area contributed by atoms with Crippen molar-refractivity contribution in [1.82, 2.24) is 5.32 Å². The molecule has 1 fully saturated rings. The van der Waals surface area contributed by atoms with Gasteiger partial charge >= 0.3 is 0 Å². The summed E-state index contributed by atoms with van der Waals surface area (Å²) in [6.45, 7) is -0.126. The van der Waals surface area contributed by atoms with Crippen LogP contribution in [0.2, 0.25) is 5.02 Å². The number of amides is 1. The smallest absolute Gasteiger partial charge is 0.295 e. The molecule has 2 rings (SSSR count). The Balaban J connectivity index is 2.07. The molecule has 0 unspecified atom stereocenters. The summed E-state index contributed by atoms with van der Waals surface area (Å²) in [5.41, 5.74) is -0.441. The number of hydrogen-bond acceptors (Lipinski definition) is 4. The lowest BCUT2D eigenvalue weighted by Crippen LogP contribution is -2.31. The largest absolute Gasteiger partial charge is 0.371 e. The van der Waals surface area contributed by atoms with Crippen LogP contribution in [0.25, 0.3) is 0 Å². The number of nitrogens with zero attached hydrogens (tertiary/aromatic N) is 1. The van der Waals surface area contributed by atoms with Gasteiger partial charge in [-0.2, -0.15) is 0 Å². The van der Waals surface area contributed by atoms with E-state index in [0.717, 1.165) is 25.0 Å². The lowest BCUT2D eigenvalue weighted by molar-refractivity contribution is -0.384. The van der Waals surface area contributed by atoms with Crippen LogP contribution in [0.1, 0.15) is 12.8 Å². The van der Waals surface area contributed by atoms with Crippen molar-refractivity contribution in [2.75, 3.05) is 11.9 Å². The molecular formula is C11H11ClFN3O3. The Labute approximate surface area is 113 Å². The van der Waals surface area contributed by atoms with Crippen LogP contribution in [-0.4, -0.2) is 23.4 Å². The minimum atomic E-state index is -0.874. The summed E-state index contributed by atoms with van der Waals surface area (Å²) in [7, 11) is 0. The number of nitro benzene ring substituents is 1. The molecule has 6 nitrogen and oxygen atoms in total. The second-order valence-corrected chi connectivity index (χ2v) is 4.64. The summed E-state index contributed by atoms with van der Waals surface area (Å²) in [5.74, 6) is -1.14. The molecule has 19 heavy (non-hydrogen) atoms. The number of carbonyl (C=O) groups is 1. The van der Waals surface area contributed by atoms with Crippen molar-refractivity contribution in [3.05, 3.63) is 33.1 Å². The molecule has 1 aromatic rings. The predicted molar refractivity (Wildman–Crippen MR) is 67.7 cm³/mol. The number of anilines is 1. The Morgan fingerprint density at radius 1 is 1.53 bits per heavy atom. The zero-order valence-corrected chi connectivity index (χ0v) is 10.5. The van der Waals surface area contributed by atoms with Crippen LogP contribution < -0.4 is 10.6 Å². The average molecular weight is 288 g/mol. The monoisotopic (exact) mass is 287 g/mol. The van der Waals surface area contributed by atoms with Crippen molar-refractivity contribution in [3.63, 3.8) is 0 Å². The van der Waals surface area contributed by atoms with E-state index in [1.54, 1.807) is 0 Å². The zero-order valence-electron chi connectivity index (χ0n) is 9.78. The number of carbonyl (C=O) groups excluding carboxylic acids is 1. The third kappa shape index (κ3) is 3.54. The molecule has 0 bridgehead atoms. The van der Waals surface area contributed by atoms with Gasteiger partial charge in [-0.3, -0.25) is 14.9 Å². The van der Waals surface area contributed by atoms with Crippen molar-refractivity contribution in [2.45, 2.75) is 18.9 Å². The SMILES string of the molecule is O=C(CNc1cc(Cl)c(F)cc1[N+](=O)[O-])NC1CC1. The van der Waals surface area contributed by atoms with E-state index in [1.165, 1.54) is 0 Å². The Bertz CT molecular complexity index is 534. The van der Waals surface area contributed by atoms with E-state index in [9.17, 15) is 19.3 Å². The van der Waals surface area contributed by atoms with Crippen LogP contribution in [0.5, 0.6) is 0 Å². The van der Waals surface area contributed by atoms with E-state index in [2.05, 4.69) is 10.6 Å². The summed E-state index contributed by atoms with van der Waals surface area (Å²) in [6.07, 6.45) is 1.91. The molecular weight excluding hydrogens is 277 g/mol. The van der Waals surface area contributed by atoms with Gasteiger partial charge in [0.15, 0.2) is 0 Å². The van der Waals surface area contributed by atoms with Gasteiger partial charge in [-0.15, -0.1) is 0 Å². The highest BCUT2D eigenvalue weighted by atomic mass is 35.5. The molecule has 8 heteroatoms. The summed E-state index contributed by atoms with van der Waals surface area (Å²) < 4.78 is 13.2. The van der Waals surface area contributed by atoms with E-state index in [1.807, 2.05) is 0 Å². The number of benzene rings is 1. The number of rotatable bonds is 5. The third-order valence-electron chi connectivity index (χ3n) is 2.62. The predicted octanol–water partition coefficient (Wildman–Crippen LogP) is 2.08. The first-order valence-corrected chi connectivity index (χ1v) is 6.02. The molecule has 0 radical (unpaired) electrons. The maximum atomic E-state index is 13.2. The molecule has 102 valence electrons. The number of halogens is 2. The highest BCUT2D eigenvalue weighted by Gasteiger charge is 2.23. The maximum Gasteiger partial charge on any atom is 0.295 e. The molecule has 0 heterocycles. The van der Waals surface area contributed by atoms with E-state index < -0.39 is 16.4 Å². The Hall–Kier alpha value is -1.89. The molecule has 0 spiro atoms. The van der Waals surface area contributed by atoms with E-state index >= 15 is 0 Å². The molecule has 0 atom stereocenters. The van der Waals surface area contributed by atoms with Crippen molar-refractivity contribution in [3.8, 4) is 0 Å². The fraction of sp³-hybridized carbons (Fsp3) is 0.364. The van der Waals surface area contributed by atoms with Crippen LogP contribution in [0, 0.1) is 15.9 Å². The molecule has 1 aliphatic carbocycles. The minimum Gasteiger partial charge on any atom is -0.371 e. The molecule has 0 aromatic heterocycles. The Kier molecular flexibility index (Phi) is 3.84. The van der Waals surface area contributed by atoms with Crippen molar-refractivity contribution in [2.24, 2.45) is 0 Å². The Morgan fingerprint density at radius 3 is 2.79 bits per heavy atom. The lowest BCUT2D eigenvalue weighted by atomic mass is 10.2. The quantitative estimate of drug-likeness (QED) is 0.641. The van der Waals surface area contributed by atoms with Gasteiger partial charge in [0.2, 0.25) is 5.91 Å². The van der Waals surface area contributed by atoms with Crippen LogP contribution in [-0.2, 0) is 4.79 Å². The summed E-state index contributed by atoms with van der Waals surface area (Å²) in [4.78, 5) is 21.5. The average Bonchev–Trinajstić information content (AvgIpc) is 3.13. The Morgan fingerprint density at radius 2 is 2.21 bits per heavy atom. The highest BCUT2D eigenvalue weighted by Crippen LogP contribution is 2.30. The molecule has 1 amide bonds. The summed E-state index contributed by atoms with van der Waals surface area (Å²) in [6, 6.07) is 2.03. The number of nitro groups is 1.